The van der Waals surface area contributed by atoms with E-state index in [9.17, 15) is 4.79 Å². The highest BCUT2D eigenvalue weighted by Gasteiger charge is 2.17. The molecule has 2 aromatic rings. The van der Waals surface area contributed by atoms with Crippen LogP contribution in [0.3, 0.4) is 0 Å². The normalized spacial score (nSPS) is 11.8. The molecule has 0 radical (unpaired) electrons. The van der Waals surface area contributed by atoms with Crippen LogP contribution in [0.5, 0.6) is 0 Å². The molecule has 0 amide bonds. The van der Waals surface area contributed by atoms with Crippen molar-refractivity contribution >= 4 is 5.78 Å². The van der Waals surface area contributed by atoms with Crippen molar-refractivity contribution in [1.29, 1.82) is 0 Å². The van der Waals surface area contributed by atoms with Crippen LogP contribution in [0.2, 0.25) is 0 Å². The first-order chi connectivity index (χ1) is 8.33. The molecule has 17 heavy (non-hydrogen) atoms. The fourth-order valence-electron chi connectivity index (χ4n) is 1.84. The smallest absolute Gasteiger partial charge is 0.174 e. The van der Waals surface area contributed by atoms with Crippen molar-refractivity contribution in [2.45, 2.75) is 5.92 Å². The summed E-state index contributed by atoms with van der Waals surface area (Å²) in [5, 5.41) is 0. The molecule has 84 valence electrons. The predicted molar refractivity (Wildman–Crippen MR) is 70.2 cm³/mol. The lowest BCUT2D eigenvalue weighted by Crippen LogP contribution is -2.10. The van der Waals surface area contributed by atoms with Crippen LogP contribution in [0.4, 0.5) is 0 Å². The second-order valence-corrected chi connectivity index (χ2v) is 3.85. The second-order valence-electron chi connectivity index (χ2n) is 3.85. The van der Waals surface area contributed by atoms with Crippen molar-refractivity contribution in [1.82, 2.24) is 0 Å². The third kappa shape index (κ3) is 2.51. The van der Waals surface area contributed by atoms with E-state index < -0.39 is 0 Å². The van der Waals surface area contributed by atoms with E-state index in [1.807, 2.05) is 60.7 Å². The van der Waals surface area contributed by atoms with E-state index in [1.54, 1.807) is 6.08 Å². The van der Waals surface area contributed by atoms with Crippen LogP contribution in [0.1, 0.15) is 21.8 Å². The molecule has 1 heteroatoms. The molecule has 0 saturated heterocycles. The lowest BCUT2D eigenvalue weighted by atomic mass is 9.91. The lowest BCUT2D eigenvalue weighted by Gasteiger charge is -2.11. The van der Waals surface area contributed by atoms with Gasteiger partial charge in [0.1, 0.15) is 0 Å². The minimum Gasteiger partial charge on any atom is -0.293 e. The Labute approximate surface area is 101 Å². The summed E-state index contributed by atoms with van der Waals surface area (Å²) in [5.74, 6) is -0.176. The molecule has 0 saturated carbocycles. The molecule has 0 aliphatic carbocycles. The maximum Gasteiger partial charge on any atom is 0.174 e. The van der Waals surface area contributed by atoms with Gasteiger partial charge in [0, 0.05) is 5.56 Å². The summed E-state index contributed by atoms with van der Waals surface area (Å²) in [5.41, 5.74) is 1.71. The Bertz CT molecular complexity index is 500. The van der Waals surface area contributed by atoms with Gasteiger partial charge in [0.2, 0.25) is 0 Å². The monoisotopic (exact) mass is 222 g/mol. The molecule has 0 aliphatic heterocycles. The zero-order valence-corrected chi connectivity index (χ0v) is 9.54. The summed E-state index contributed by atoms with van der Waals surface area (Å²) in [6, 6.07) is 19.0. The quantitative estimate of drug-likeness (QED) is 0.567. The molecule has 0 aliphatic rings. The number of Topliss-reactive ketones (excluding diaryl/α,β-unsaturated/α-hetero) is 1. The van der Waals surface area contributed by atoms with Crippen molar-refractivity contribution < 1.29 is 4.79 Å². The van der Waals surface area contributed by atoms with Crippen LogP contribution >= 0.6 is 0 Å². The summed E-state index contributed by atoms with van der Waals surface area (Å²) >= 11 is 0. The van der Waals surface area contributed by atoms with Crippen molar-refractivity contribution in [3.8, 4) is 0 Å². The van der Waals surface area contributed by atoms with Gasteiger partial charge in [0.25, 0.3) is 0 Å². The van der Waals surface area contributed by atoms with Gasteiger partial charge in [-0.1, -0.05) is 66.7 Å². The molecular formula is C16H14O. The third-order valence-electron chi connectivity index (χ3n) is 2.74. The van der Waals surface area contributed by atoms with Crippen LogP contribution in [-0.4, -0.2) is 5.78 Å². The number of rotatable bonds is 4. The summed E-state index contributed by atoms with van der Waals surface area (Å²) in [4.78, 5) is 12.3. The first kappa shape index (κ1) is 11.3. The van der Waals surface area contributed by atoms with Gasteiger partial charge in [-0.25, -0.2) is 0 Å². The van der Waals surface area contributed by atoms with Crippen molar-refractivity contribution in [2.75, 3.05) is 0 Å². The predicted octanol–water partition coefficient (Wildman–Crippen LogP) is 3.84. The molecule has 0 N–H and O–H groups in total. The zero-order chi connectivity index (χ0) is 12.1. The van der Waals surface area contributed by atoms with Gasteiger partial charge < -0.3 is 0 Å². The van der Waals surface area contributed by atoms with Gasteiger partial charge in [-0.2, -0.15) is 0 Å². The Morgan fingerprint density at radius 1 is 0.941 bits per heavy atom. The minimum absolute atomic E-state index is 0.0896. The van der Waals surface area contributed by atoms with Crippen LogP contribution in [-0.2, 0) is 0 Å². The van der Waals surface area contributed by atoms with Crippen LogP contribution in [0.25, 0.3) is 0 Å². The van der Waals surface area contributed by atoms with Crippen LogP contribution in [0, 0.1) is 0 Å². The lowest BCUT2D eigenvalue weighted by molar-refractivity contribution is 0.0976. The largest absolute Gasteiger partial charge is 0.293 e. The number of hydrogen-bond acceptors (Lipinski definition) is 1. The van der Waals surface area contributed by atoms with E-state index in [2.05, 4.69) is 6.58 Å². The van der Waals surface area contributed by atoms with E-state index in [1.165, 1.54) is 0 Å². The fourth-order valence-corrected chi connectivity index (χ4v) is 1.84. The molecule has 2 rings (SSSR count). The number of ketones is 1. The van der Waals surface area contributed by atoms with E-state index in [0.717, 1.165) is 11.1 Å². The highest BCUT2D eigenvalue weighted by Crippen LogP contribution is 2.21. The summed E-state index contributed by atoms with van der Waals surface area (Å²) in [7, 11) is 0. The van der Waals surface area contributed by atoms with Gasteiger partial charge >= 0.3 is 0 Å². The number of hydrogen-bond donors (Lipinski definition) is 0. The molecule has 0 aromatic heterocycles. The van der Waals surface area contributed by atoms with E-state index in [0.29, 0.717) is 0 Å². The van der Waals surface area contributed by atoms with Crippen LogP contribution < -0.4 is 0 Å². The molecule has 1 unspecified atom stereocenters. The summed E-state index contributed by atoms with van der Waals surface area (Å²) in [6.07, 6.45) is 1.70. The highest BCUT2D eigenvalue weighted by molar-refractivity contribution is 6.02. The van der Waals surface area contributed by atoms with E-state index in [-0.39, 0.29) is 11.7 Å². The molecule has 1 atom stereocenters. The topological polar surface area (TPSA) is 17.1 Å². The van der Waals surface area contributed by atoms with Crippen LogP contribution in [0.15, 0.2) is 73.3 Å². The van der Waals surface area contributed by atoms with Gasteiger partial charge in [0.15, 0.2) is 5.78 Å². The molecular weight excluding hydrogens is 208 g/mol. The first-order valence-corrected chi connectivity index (χ1v) is 5.59. The Hall–Kier alpha value is -2.15. The van der Waals surface area contributed by atoms with E-state index in [4.69, 9.17) is 0 Å². The second kappa shape index (κ2) is 5.26. The fraction of sp³-hybridized carbons (Fsp3) is 0.0625. The number of benzene rings is 2. The van der Waals surface area contributed by atoms with Gasteiger partial charge in [-0.3, -0.25) is 4.79 Å². The first-order valence-electron chi connectivity index (χ1n) is 5.59. The number of carbonyl (C=O) groups is 1. The number of allylic oxidation sites excluding steroid dienone is 1. The van der Waals surface area contributed by atoms with Crippen molar-refractivity contribution in [3.05, 3.63) is 84.4 Å². The number of carbonyl (C=O) groups excluding carboxylic acids is 1. The molecule has 0 fully saturated rings. The Kier molecular flexibility index (Phi) is 3.51. The maximum absolute atomic E-state index is 12.3. The van der Waals surface area contributed by atoms with Gasteiger partial charge in [0.05, 0.1) is 5.92 Å². The standard InChI is InChI=1S/C16H14O/c1-2-15(13-9-5-3-6-10-13)16(17)14-11-7-4-8-12-14/h2-12,15H,1H2. The SMILES string of the molecule is C=CC(C(=O)c1ccccc1)c1ccccc1. The van der Waals surface area contributed by atoms with Gasteiger partial charge in [-0.05, 0) is 5.56 Å². The Morgan fingerprint density at radius 3 is 2.00 bits per heavy atom. The van der Waals surface area contributed by atoms with Gasteiger partial charge in [-0.15, -0.1) is 6.58 Å². The highest BCUT2D eigenvalue weighted by atomic mass is 16.1. The molecule has 0 spiro atoms. The van der Waals surface area contributed by atoms with Crippen molar-refractivity contribution in [2.24, 2.45) is 0 Å². The minimum atomic E-state index is -0.265. The summed E-state index contributed by atoms with van der Waals surface area (Å²) in [6.45, 7) is 3.76. The Balaban J connectivity index is 2.32. The summed E-state index contributed by atoms with van der Waals surface area (Å²) < 4.78 is 0. The molecule has 2 aromatic carbocycles. The maximum atomic E-state index is 12.3. The molecule has 0 heterocycles. The molecule has 1 nitrogen and oxygen atoms in total. The average molecular weight is 222 g/mol. The zero-order valence-electron chi connectivity index (χ0n) is 9.54. The third-order valence-corrected chi connectivity index (χ3v) is 2.74. The average Bonchev–Trinajstić information content (AvgIpc) is 2.42. The van der Waals surface area contributed by atoms with E-state index >= 15 is 0 Å². The Morgan fingerprint density at radius 2 is 1.47 bits per heavy atom. The molecule has 0 bridgehead atoms. The van der Waals surface area contributed by atoms with Crippen molar-refractivity contribution in [3.63, 3.8) is 0 Å².